The van der Waals surface area contributed by atoms with Crippen molar-refractivity contribution < 1.29 is 4.84 Å². The molecule has 2 aliphatic rings. The lowest BCUT2D eigenvalue weighted by molar-refractivity contribution is -0.208. The Morgan fingerprint density at radius 3 is 2.75 bits per heavy atom. The van der Waals surface area contributed by atoms with E-state index in [0.29, 0.717) is 6.04 Å². The minimum absolute atomic E-state index is 0.173. The fourth-order valence-electron chi connectivity index (χ4n) is 2.78. The highest BCUT2D eigenvalue weighted by molar-refractivity contribution is 5.37. The first-order valence-electron chi connectivity index (χ1n) is 6.10. The number of benzene rings is 1. The second-order valence-electron chi connectivity index (χ2n) is 4.67. The van der Waals surface area contributed by atoms with Crippen LogP contribution in [-0.2, 0) is 4.84 Å². The first-order valence-corrected chi connectivity index (χ1v) is 6.10. The molecule has 1 aliphatic heterocycles. The number of hydrogen-bond acceptors (Lipinski definition) is 3. The van der Waals surface area contributed by atoms with Crippen LogP contribution in [0.3, 0.4) is 0 Å². The molecule has 0 aromatic heterocycles. The molecule has 0 amide bonds. The first-order chi connectivity index (χ1) is 7.86. The normalized spacial score (nSPS) is 30.3. The summed E-state index contributed by atoms with van der Waals surface area (Å²) in [5, 5.41) is 2.13. The van der Waals surface area contributed by atoms with E-state index in [9.17, 15) is 0 Å². The molecule has 3 rings (SSSR count). The van der Waals surface area contributed by atoms with E-state index >= 15 is 0 Å². The van der Waals surface area contributed by atoms with E-state index in [0.717, 1.165) is 19.6 Å². The highest BCUT2D eigenvalue weighted by Crippen LogP contribution is 2.41. The summed E-state index contributed by atoms with van der Waals surface area (Å²) in [6, 6.07) is 9.03. The third kappa shape index (κ3) is 1.65. The lowest BCUT2D eigenvalue weighted by Gasteiger charge is -2.31. The average Bonchev–Trinajstić information content (AvgIpc) is 2.69. The fraction of sp³-hybridized carbons (Fsp3) is 0.538. The number of rotatable bonds is 1. The highest BCUT2D eigenvalue weighted by atomic mass is 16.7. The molecule has 3 nitrogen and oxygen atoms in total. The molecule has 2 unspecified atom stereocenters. The van der Waals surface area contributed by atoms with Crippen LogP contribution in [0.25, 0.3) is 0 Å². The minimum Gasteiger partial charge on any atom is -0.324 e. The molecule has 0 radical (unpaired) electrons. The molecule has 86 valence electrons. The number of hydrogen-bond donors (Lipinski definition) is 1. The summed E-state index contributed by atoms with van der Waals surface area (Å²) >= 11 is 0. The second-order valence-corrected chi connectivity index (χ2v) is 4.67. The monoisotopic (exact) mass is 218 g/mol. The fourth-order valence-corrected chi connectivity index (χ4v) is 2.78. The van der Waals surface area contributed by atoms with Gasteiger partial charge >= 0.3 is 0 Å². The molecule has 0 saturated carbocycles. The van der Waals surface area contributed by atoms with Gasteiger partial charge in [-0.2, -0.15) is 5.06 Å². The third-order valence-electron chi connectivity index (χ3n) is 3.61. The van der Waals surface area contributed by atoms with E-state index in [1.165, 1.54) is 24.0 Å². The second kappa shape index (κ2) is 4.17. The third-order valence-corrected chi connectivity index (χ3v) is 3.61. The molecule has 0 spiro atoms. The van der Waals surface area contributed by atoms with Crippen molar-refractivity contribution in [2.75, 3.05) is 13.2 Å². The molecule has 1 fully saturated rings. The van der Waals surface area contributed by atoms with Gasteiger partial charge < -0.3 is 5.73 Å². The lowest BCUT2D eigenvalue weighted by atomic mass is 10.1. The molecule has 1 aromatic rings. The van der Waals surface area contributed by atoms with Crippen LogP contribution < -0.4 is 5.73 Å². The van der Waals surface area contributed by atoms with Gasteiger partial charge in [-0.15, -0.1) is 0 Å². The van der Waals surface area contributed by atoms with Gasteiger partial charge in [0.25, 0.3) is 0 Å². The molecule has 0 bridgehead atoms. The van der Waals surface area contributed by atoms with Crippen molar-refractivity contribution in [3.8, 4) is 0 Å². The summed E-state index contributed by atoms with van der Waals surface area (Å²) in [7, 11) is 0. The Morgan fingerprint density at radius 1 is 1.19 bits per heavy atom. The summed E-state index contributed by atoms with van der Waals surface area (Å²) in [6.45, 7) is 1.89. The summed E-state index contributed by atoms with van der Waals surface area (Å²) in [4.78, 5) is 5.74. The lowest BCUT2D eigenvalue weighted by Crippen LogP contribution is -2.33. The maximum atomic E-state index is 6.16. The van der Waals surface area contributed by atoms with Crippen molar-refractivity contribution in [3.63, 3.8) is 0 Å². The Balaban J connectivity index is 1.87. The zero-order chi connectivity index (χ0) is 11.0. The van der Waals surface area contributed by atoms with Crippen LogP contribution in [0.2, 0.25) is 0 Å². The van der Waals surface area contributed by atoms with Crippen LogP contribution in [0.4, 0.5) is 0 Å². The summed E-state index contributed by atoms with van der Waals surface area (Å²) < 4.78 is 0. The zero-order valence-electron chi connectivity index (χ0n) is 9.43. The van der Waals surface area contributed by atoms with E-state index in [4.69, 9.17) is 10.6 Å². The molecule has 1 heterocycles. The van der Waals surface area contributed by atoms with E-state index in [1.807, 2.05) is 0 Å². The predicted molar refractivity (Wildman–Crippen MR) is 62.6 cm³/mol. The van der Waals surface area contributed by atoms with Crippen molar-refractivity contribution >= 4 is 0 Å². The average molecular weight is 218 g/mol. The zero-order valence-corrected chi connectivity index (χ0v) is 9.43. The smallest absolute Gasteiger partial charge is 0.0685 e. The summed E-state index contributed by atoms with van der Waals surface area (Å²) in [6.07, 6.45) is 3.39. The molecule has 1 aliphatic carbocycles. The van der Waals surface area contributed by atoms with Gasteiger partial charge in [0.05, 0.1) is 12.6 Å². The van der Waals surface area contributed by atoms with Gasteiger partial charge in [-0.1, -0.05) is 24.3 Å². The van der Waals surface area contributed by atoms with Gasteiger partial charge in [0.1, 0.15) is 0 Å². The molecule has 2 atom stereocenters. The Morgan fingerprint density at radius 2 is 2.00 bits per heavy atom. The number of nitrogens with two attached hydrogens (primary N) is 1. The topological polar surface area (TPSA) is 38.5 Å². The largest absolute Gasteiger partial charge is 0.324 e. The Kier molecular flexibility index (Phi) is 2.67. The molecule has 3 heteroatoms. The van der Waals surface area contributed by atoms with Crippen molar-refractivity contribution in [3.05, 3.63) is 35.4 Å². The number of nitrogens with zero attached hydrogens (tertiary/aromatic N) is 1. The van der Waals surface area contributed by atoms with Crippen LogP contribution in [0.1, 0.15) is 42.5 Å². The van der Waals surface area contributed by atoms with E-state index in [2.05, 4.69) is 29.3 Å². The molecule has 1 aromatic carbocycles. The standard InChI is InChI=1S/C13H18N2O/c14-12-9-13(15-7-3-4-8-16-15)11-6-2-1-5-10(11)12/h1-2,5-6,12-13H,3-4,7-9,14H2. The van der Waals surface area contributed by atoms with E-state index in [1.54, 1.807) is 0 Å². The minimum atomic E-state index is 0.173. The summed E-state index contributed by atoms with van der Waals surface area (Å²) in [5.41, 5.74) is 8.81. The van der Waals surface area contributed by atoms with Gasteiger partial charge in [-0.25, -0.2) is 0 Å². The van der Waals surface area contributed by atoms with Gasteiger partial charge in [-0.3, -0.25) is 4.84 Å². The SMILES string of the molecule is NC1CC(N2CCCCO2)c2ccccc21. The summed E-state index contributed by atoms with van der Waals surface area (Å²) in [5.74, 6) is 0. The van der Waals surface area contributed by atoms with E-state index < -0.39 is 0 Å². The van der Waals surface area contributed by atoms with Crippen molar-refractivity contribution in [2.24, 2.45) is 5.73 Å². The van der Waals surface area contributed by atoms with Crippen molar-refractivity contribution in [1.82, 2.24) is 5.06 Å². The highest BCUT2D eigenvalue weighted by Gasteiger charge is 2.33. The maximum absolute atomic E-state index is 6.16. The molecule has 2 N–H and O–H groups in total. The first kappa shape index (κ1) is 10.3. The number of fused-ring (bicyclic) bond motifs is 1. The predicted octanol–water partition coefficient (Wildman–Crippen LogP) is 2.16. The van der Waals surface area contributed by atoms with E-state index in [-0.39, 0.29) is 6.04 Å². The van der Waals surface area contributed by atoms with Crippen molar-refractivity contribution in [2.45, 2.75) is 31.3 Å². The van der Waals surface area contributed by atoms with Crippen LogP contribution in [-0.4, -0.2) is 18.2 Å². The quantitative estimate of drug-likeness (QED) is 0.785. The van der Waals surface area contributed by atoms with Crippen molar-refractivity contribution in [1.29, 1.82) is 0 Å². The molecular weight excluding hydrogens is 200 g/mol. The Labute approximate surface area is 96.1 Å². The van der Waals surface area contributed by atoms with Gasteiger partial charge in [0.15, 0.2) is 0 Å². The maximum Gasteiger partial charge on any atom is 0.0685 e. The van der Waals surface area contributed by atoms with Gasteiger partial charge in [0, 0.05) is 12.6 Å². The van der Waals surface area contributed by atoms with Crippen LogP contribution in [0.5, 0.6) is 0 Å². The van der Waals surface area contributed by atoms with Crippen LogP contribution in [0, 0.1) is 0 Å². The number of hydroxylamine groups is 2. The van der Waals surface area contributed by atoms with Gasteiger partial charge in [0.2, 0.25) is 0 Å². The Bertz CT molecular complexity index is 374. The van der Waals surface area contributed by atoms with Gasteiger partial charge in [-0.05, 0) is 30.4 Å². The van der Waals surface area contributed by atoms with Crippen LogP contribution >= 0.6 is 0 Å². The molecule has 16 heavy (non-hydrogen) atoms. The van der Waals surface area contributed by atoms with Crippen LogP contribution in [0.15, 0.2) is 24.3 Å². The molecular formula is C13H18N2O. The Hall–Kier alpha value is -0.900. The molecule has 1 saturated heterocycles.